The van der Waals surface area contributed by atoms with Crippen molar-refractivity contribution in [2.75, 3.05) is 0 Å². The number of hydrogen-bond donors (Lipinski definition) is 0. The molecule has 0 saturated heterocycles. The minimum atomic E-state index is 1.08. The second-order valence-corrected chi connectivity index (χ2v) is 2.42. The summed E-state index contributed by atoms with van der Waals surface area (Å²) in [6, 6.07) is 0. The molecule has 0 spiro atoms. The van der Waals surface area contributed by atoms with Gasteiger partial charge in [0.1, 0.15) is 0 Å². The molecule has 0 saturated carbocycles. The average Bonchev–Trinajstić information content (AvgIpc) is 2.28. The van der Waals surface area contributed by atoms with Gasteiger partial charge in [-0.3, -0.25) is 0 Å². The van der Waals surface area contributed by atoms with Crippen molar-refractivity contribution < 1.29 is 0 Å². The van der Waals surface area contributed by atoms with Gasteiger partial charge in [-0.15, -0.1) is 5.73 Å². The van der Waals surface area contributed by atoms with E-state index in [0.717, 1.165) is 6.42 Å². The fourth-order valence-electron chi connectivity index (χ4n) is 1.20. The summed E-state index contributed by atoms with van der Waals surface area (Å²) in [6.45, 7) is 0. The van der Waals surface area contributed by atoms with Gasteiger partial charge in [0, 0.05) is 0 Å². The minimum Gasteiger partial charge on any atom is -0.120 e. The highest BCUT2D eigenvalue weighted by Gasteiger charge is 2.02. The molecule has 2 aliphatic carbocycles. The Hall–Kier alpha value is -1.26. The zero-order chi connectivity index (χ0) is 6.81. The lowest BCUT2D eigenvalue weighted by atomic mass is 10.1. The molecule has 10 heavy (non-hydrogen) atoms. The third-order valence-electron chi connectivity index (χ3n) is 1.73. The molecule has 0 radical (unpaired) electrons. The topological polar surface area (TPSA) is 0 Å². The molecule has 0 aliphatic heterocycles. The lowest BCUT2D eigenvalue weighted by Crippen LogP contribution is -1.72. The summed E-state index contributed by atoms with van der Waals surface area (Å²) in [5.41, 5.74) is 5.79. The molecule has 0 atom stereocenters. The highest BCUT2D eigenvalue weighted by Crippen LogP contribution is 2.21. The fourth-order valence-corrected chi connectivity index (χ4v) is 1.20. The average molecular weight is 128 g/mol. The summed E-state index contributed by atoms with van der Waals surface area (Å²) in [7, 11) is 0. The Morgan fingerprint density at radius 1 is 1.30 bits per heavy atom. The third kappa shape index (κ3) is 0.792. The molecular formula is C10H8. The number of hydrogen-bond acceptors (Lipinski definition) is 0. The Kier molecular flexibility index (Phi) is 1.20. The molecule has 0 bridgehead atoms. The Morgan fingerprint density at radius 3 is 3.30 bits per heavy atom. The molecule has 0 aromatic rings. The first-order chi connectivity index (χ1) is 4.97. The summed E-state index contributed by atoms with van der Waals surface area (Å²) in [5, 5.41) is 0. The summed E-state index contributed by atoms with van der Waals surface area (Å²) in [4.78, 5) is 0. The van der Waals surface area contributed by atoms with Crippen LogP contribution in [-0.4, -0.2) is 0 Å². The molecule has 0 heterocycles. The van der Waals surface area contributed by atoms with Crippen LogP contribution in [0.15, 0.2) is 53.3 Å². The van der Waals surface area contributed by atoms with Gasteiger partial charge in [-0.05, 0) is 29.7 Å². The lowest BCUT2D eigenvalue weighted by Gasteiger charge is -1.91. The smallest absolute Gasteiger partial charge is 0.00879 e. The molecule has 0 N–H and O–H groups in total. The summed E-state index contributed by atoms with van der Waals surface area (Å²) < 4.78 is 0. The summed E-state index contributed by atoms with van der Waals surface area (Å²) in [5.74, 6) is 0. The van der Waals surface area contributed by atoms with E-state index in [1.807, 2.05) is 18.2 Å². The van der Waals surface area contributed by atoms with Gasteiger partial charge in [0.2, 0.25) is 0 Å². The van der Waals surface area contributed by atoms with Gasteiger partial charge in [-0.1, -0.05) is 24.3 Å². The predicted molar refractivity (Wildman–Crippen MR) is 42.6 cm³/mol. The van der Waals surface area contributed by atoms with Gasteiger partial charge in [0.05, 0.1) is 0 Å². The van der Waals surface area contributed by atoms with Crippen molar-refractivity contribution >= 4 is 0 Å². The van der Waals surface area contributed by atoms with Crippen molar-refractivity contribution in [3.8, 4) is 0 Å². The van der Waals surface area contributed by atoms with Crippen LogP contribution in [0.4, 0.5) is 0 Å². The Morgan fingerprint density at radius 2 is 2.30 bits per heavy atom. The van der Waals surface area contributed by atoms with Crippen LogP contribution >= 0.6 is 0 Å². The normalized spacial score (nSPS) is 20.0. The summed E-state index contributed by atoms with van der Waals surface area (Å²) in [6.07, 6.45) is 13.5. The van der Waals surface area contributed by atoms with E-state index in [1.54, 1.807) is 0 Å². The molecule has 0 fully saturated rings. The van der Waals surface area contributed by atoms with E-state index in [9.17, 15) is 0 Å². The number of rotatable bonds is 0. The zero-order valence-electron chi connectivity index (χ0n) is 5.67. The number of allylic oxidation sites excluding steroid dienone is 7. The van der Waals surface area contributed by atoms with Crippen molar-refractivity contribution in [2.24, 2.45) is 0 Å². The molecular weight excluding hydrogens is 120 g/mol. The van der Waals surface area contributed by atoms with Crippen LogP contribution in [0.2, 0.25) is 0 Å². The van der Waals surface area contributed by atoms with Crippen LogP contribution in [0.1, 0.15) is 6.42 Å². The predicted octanol–water partition coefficient (Wildman–Crippen LogP) is 2.52. The first-order valence-corrected chi connectivity index (χ1v) is 3.46. The van der Waals surface area contributed by atoms with Crippen molar-refractivity contribution in [1.82, 2.24) is 0 Å². The third-order valence-corrected chi connectivity index (χ3v) is 1.73. The van der Waals surface area contributed by atoms with Gasteiger partial charge < -0.3 is 0 Å². The van der Waals surface area contributed by atoms with Gasteiger partial charge >= 0.3 is 0 Å². The van der Waals surface area contributed by atoms with Crippen LogP contribution < -0.4 is 0 Å². The van der Waals surface area contributed by atoms with Gasteiger partial charge in [0.15, 0.2) is 0 Å². The van der Waals surface area contributed by atoms with Crippen molar-refractivity contribution in [2.45, 2.75) is 6.42 Å². The Balaban J connectivity index is 2.51. The lowest BCUT2D eigenvalue weighted by molar-refractivity contribution is 1.32. The molecule has 0 aromatic heterocycles. The van der Waals surface area contributed by atoms with E-state index in [-0.39, 0.29) is 0 Å². The van der Waals surface area contributed by atoms with Crippen LogP contribution in [0.3, 0.4) is 0 Å². The monoisotopic (exact) mass is 128 g/mol. The molecule has 48 valence electrons. The molecule has 2 aliphatic rings. The molecule has 0 aromatic carbocycles. The highest BCUT2D eigenvalue weighted by atomic mass is 14.1. The van der Waals surface area contributed by atoms with E-state index >= 15 is 0 Å². The fraction of sp³-hybridized carbons (Fsp3) is 0.100. The SMILES string of the molecule is C1=CC=CC2=C(C=1)C=CC2. The molecule has 0 nitrogen and oxygen atoms in total. The summed E-state index contributed by atoms with van der Waals surface area (Å²) >= 11 is 0. The first-order valence-electron chi connectivity index (χ1n) is 3.46. The zero-order valence-corrected chi connectivity index (χ0v) is 5.67. The second kappa shape index (κ2) is 2.17. The quantitative estimate of drug-likeness (QED) is 0.440. The minimum absolute atomic E-state index is 1.08. The van der Waals surface area contributed by atoms with E-state index in [2.05, 4.69) is 24.0 Å². The van der Waals surface area contributed by atoms with Crippen LogP contribution in [0.5, 0.6) is 0 Å². The largest absolute Gasteiger partial charge is 0.120 e. The standard InChI is InChI=1S/C10H8/c1-2-5-9-7-4-8-10(9)6-3-1/h1-2,4-6,8H,7H2. The maximum atomic E-state index is 3.07. The van der Waals surface area contributed by atoms with E-state index in [4.69, 9.17) is 0 Å². The van der Waals surface area contributed by atoms with Crippen molar-refractivity contribution in [3.63, 3.8) is 0 Å². The molecule has 2 rings (SSSR count). The van der Waals surface area contributed by atoms with E-state index < -0.39 is 0 Å². The van der Waals surface area contributed by atoms with Gasteiger partial charge in [-0.2, -0.15) is 0 Å². The van der Waals surface area contributed by atoms with E-state index in [0.29, 0.717) is 0 Å². The maximum absolute atomic E-state index is 3.07. The Labute approximate surface area is 60.6 Å². The Bertz CT molecular complexity index is 292. The van der Waals surface area contributed by atoms with Crippen molar-refractivity contribution in [1.29, 1.82) is 0 Å². The van der Waals surface area contributed by atoms with Crippen molar-refractivity contribution in [3.05, 3.63) is 53.3 Å². The van der Waals surface area contributed by atoms with Crippen LogP contribution in [0, 0.1) is 0 Å². The second-order valence-electron chi connectivity index (χ2n) is 2.42. The van der Waals surface area contributed by atoms with E-state index in [1.165, 1.54) is 11.1 Å². The molecule has 0 heteroatoms. The molecule has 0 unspecified atom stereocenters. The van der Waals surface area contributed by atoms with Crippen LogP contribution in [-0.2, 0) is 0 Å². The maximum Gasteiger partial charge on any atom is -0.00879 e. The van der Waals surface area contributed by atoms with Crippen LogP contribution in [0.25, 0.3) is 0 Å². The molecule has 0 amide bonds. The van der Waals surface area contributed by atoms with Gasteiger partial charge in [-0.25, -0.2) is 0 Å². The van der Waals surface area contributed by atoms with Gasteiger partial charge in [0.25, 0.3) is 0 Å². The highest BCUT2D eigenvalue weighted by molar-refractivity contribution is 5.48. The first kappa shape index (κ1) is 5.52.